The fourth-order valence-electron chi connectivity index (χ4n) is 2.59. The SMILES string of the molecule is CCCNC(N)=NCC1(Sc2ccccc2)CCCC1.I. The van der Waals surface area contributed by atoms with Gasteiger partial charge >= 0.3 is 0 Å². The molecule has 0 spiro atoms. The number of guanidine groups is 1. The summed E-state index contributed by atoms with van der Waals surface area (Å²) in [6, 6.07) is 10.6. The summed E-state index contributed by atoms with van der Waals surface area (Å²) in [5, 5.41) is 3.16. The van der Waals surface area contributed by atoms with Crippen molar-refractivity contribution < 1.29 is 0 Å². The number of thioether (sulfide) groups is 1. The average Bonchev–Trinajstić information content (AvgIpc) is 2.93. The maximum atomic E-state index is 5.92. The molecule has 21 heavy (non-hydrogen) atoms. The van der Waals surface area contributed by atoms with Crippen LogP contribution in [0.2, 0.25) is 0 Å². The maximum absolute atomic E-state index is 5.92. The molecule has 0 radical (unpaired) electrons. The Bertz CT molecular complexity index is 430. The van der Waals surface area contributed by atoms with Crippen molar-refractivity contribution in [1.29, 1.82) is 0 Å². The van der Waals surface area contributed by atoms with Crippen LogP contribution >= 0.6 is 35.7 Å². The zero-order chi connectivity index (χ0) is 14.3. The Labute approximate surface area is 149 Å². The van der Waals surface area contributed by atoms with Crippen LogP contribution in [0.5, 0.6) is 0 Å². The van der Waals surface area contributed by atoms with Crippen LogP contribution in [0.3, 0.4) is 0 Å². The summed E-state index contributed by atoms with van der Waals surface area (Å²) in [7, 11) is 0. The van der Waals surface area contributed by atoms with Crippen molar-refractivity contribution in [1.82, 2.24) is 5.32 Å². The Morgan fingerprint density at radius 1 is 1.29 bits per heavy atom. The van der Waals surface area contributed by atoms with E-state index in [0.29, 0.717) is 5.96 Å². The van der Waals surface area contributed by atoms with Crippen molar-refractivity contribution in [2.75, 3.05) is 13.1 Å². The first-order valence-corrected chi connectivity index (χ1v) is 8.34. The second-order valence-corrected chi connectivity index (χ2v) is 6.98. The zero-order valence-electron chi connectivity index (χ0n) is 12.7. The topological polar surface area (TPSA) is 50.4 Å². The van der Waals surface area contributed by atoms with Crippen LogP contribution < -0.4 is 11.1 Å². The highest BCUT2D eigenvalue weighted by atomic mass is 127. The Kier molecular flexibility index (Phi) is 8.48. The van der Waals surface area contributed by atoms with Gasteiger partial charge in [0.1, 0.15) is 0 Å². The number of rotatable bonds is 6. The summed E-state index contributed by atoms with van der Waals surface area (Å²) in [6.07, 6.45) is 6.14. The second-order valence-electron chi connectivity index (χ2n) is 5.43. The van der Waals surface area contributed by atoms with Crippen molar-refractivity contribution in [3.63, 3.8) is 0 Å². The van der Waals surface area contributed by atoms with E-state index in [0.717, 1.165) is 19.5 Å². The summed E-state index contributed by atoms with van der Waals surface area (Å²) < 4.78 is 0.236. The van der Waals surface area contributed by atoms with Crippen LogP contribution in [0, 0.1) is 0 Å². The summed E-state index contributed by atoms with van der Waals surface area (Å²) in [4.78, 5) is 5.91. The van der Waals surface area contributed by atoms with Gasteiger partial charge in [-0.1, -0.05) is 38.0 Å². The highest BCUT2D eigenvalue weighted by Gasteiger charge is 2.34. The number of benzene rings is 1. The molecule has 0 saturated heterocycles. The minimum atomic E-state index is 0. The van der Waals surface area contributed by atoms with Crippen LogP contribution in [0.25, 0.3) is 0 Å². The van der Waals surface area contributed by atoms with E-state index < -0.39 is 0 Å². The highest BCUT2D eigenvalue weighted by molar-refractivity contribution is 14.0. The van der Waals surface area contributed by atoms with Gasteiger partial charge < -0.3 is 11.1 Å². The number of nitrogens with two attached hydrogens (primary N) is 1. The van der Waals surface area contributed by atoms with Crippen LogP contribution in [0.15, 0.2) is 40.2 Å². The molecule has 5 heteroatoms. The van der Waals surface area contributed by atoms with E-state index in [4.69, 9.17) is 5.73 Å². The predicted octanol–water partition coefficient (Wildman–Crippen LogP) is 4.02. The Balaban J connectivity index is 0.00000220. The molecular formula is C16H26IN3S. The molecule has 1 saturated carbocycles. The molecule has 2 rings (SSSR count). The van der Waals surface area contributed by atoms with Gasteiger partial charge in [0.15, 0.2) is 5.96 Å². The third kappa shape index (κ3) is 6.06. The van der Waals surface area contributed by atoms with Gasteiger partial charge in [-0.05, 0) is 31.4 Å². The molecule has 1 aromatic rings. The van der Waals surface area contributed by atoms with Crippen LogP contribution in [-0.2, 0) is 0 Å². The summed E-state index contributed by atoms with van der Waals surface area (Å²) in [5.41, 5.74) is 5.92. The fraction of sp³-hybridized carbons (Fsp3) is 0.562. The van der Waals surface area contributed by atoms with E-state index in [-0.39, 0.29) is 28.7 Å². The largest absolute Gasteiger partial charge is 0.370 e. The normalized spacial score (nSPS) is 17.3. The molecule has 0 bridgehead atoms. The highest BCUT2D eigenvalue weighted by Crippen LogP contribution is 2.45. The third-order valence-corrected chi connectivity index (χ3v) is 5.16. The van der Waals surface area contributed by atoms with Crippen molar-refractivity contribution in [3.8, 4) is 0 Å². The molecule has 0 heterocycles. The lowest BCUT2D eigenvalue weighted by molar-refractivity contribution is 0.617. The molecule has 3 nitrogen and oxygen atoms in total. The van der Waals surface area contributed by atoms with Crippen molar-refractivity contribution in [2.45, 2.75) is 48.7 Å². The zero-order valence-corrected chi connectivity index (χ0v) is 15.8. The molecule has 1 aliphatic carbocycles. The van der Waals surface area contributed by atoms with Gasteiger partial charge in [0, 0.05) is 16.2 Å². The second kappa shape index (κ2) is 9.56. The number of nitrogens with zero attached hydrogens (tertiary/aromatic N) is 1. The van der Waals surface area contributed by atoms with Crippen molar-refractivity contribution in [2.24, 2.45) is 10.7 Å². The molecule has 1 aliphatic rings. The first kappa shape index (κ1) is 18.6. The van der Waals surface area contributed by atoms with Crippen LogP contribution in [0.4, 0.5) is 0 Å². The molecule has 118 valence electrons. The summed E-state index contributed by atoms with van der Waals surface area (Å²) in [6.45, 7) is 3.84. The van der Waals surface area contributed by atoms with E-state index in [2.05, 4.69) is 47.6 Å². The Morgan fingerprint density at radius 2 is 1.95 bits per heavy atom. The van der Waals surface area contributed by atoms with Gasteiger partial charge in [0.05, 0.1) is 6.54 Å². The van der Waals surface area contributed by atoms with E-state index in [9.17, 15) is 0 Å². The lowest BCUT2D eigenvalue weighted by atomic mass is 10.1. The molecule has 0 aromatic heterocycles. The number of halogens is 1. The van der Waals surface area contributed by atoms with Gasteiger partial charge in [0.25, 0.3) is 0 Å². The quantitative estimate of drug-likeness (QED) is 0.416. The lowest BCUT2D eigenvalue weighted by Gasteiger charge is -2.26. The first-order valence-electron chi connectivity index (χ1n) is 7.52. The van der Waals surface area contributed by atoms with Gasteiger partial charge in [-0.2, -0.15) is 0 Å². The molecule has 1 fully saturated rings. The Hall–Kier alpha value is -0.430. The van der Waals surface area contributed by atoms with Crippen LogP contribution in [-0.4, -0.2) is 23.8 Å². The lowest BCUT2D eigenvalue weighted by Crippen LogP contribution is -2.34. The maximum Gasteiger partial charge on any atom is 0.188 e. The van der Waals surface area contributed by atoms with Gasteiger partial charge in [0.2, 0.25) is 0 Å². The molecule has 0 atom stereocenters. The molecule has 0 aliphatic heterocycles. The average molecular weight is 419 g/mol. The monoisotopic (exact) mass is 419 g/mol. The molecular weight excluding hydrogens is 393 g/mol. The first-order chi connectivity index (χ1) is 9.74. The van der Waals surface area contributed by atoms with E-state index in [1.165, 1.54) is 30.6 Å². The molecule has 1 aromatic carbocycles. The minimum Gasteiger partial charge on any atom is -0.370 e. The Morgan fingerprint density at radius 3 is 2.57 bits per heavy atom. The van der Waals surface area contributed by atoms with Gasteiger partial charge in [-0.15, -0.1) is 35.7 Å². The van der Waals surface area contributed by atoms with Gasteiger partial charge in [-0.3, -0.25) is 4.99 Å². The van der Waals surface area contributed by atoms with E-state index in [1.807, 2.05) is 11.8 Å². The smallest absolute Gasteiger partial charge is 0.188 e. The van der Waals surface area contributed by atoms with Gasteiger partial charge in [-0.25, -0.2) is 0 Å². The number of hydrogen-bond acceptors (Lipinski definition) is 2. The third-order valence-electron chi connectivity index (χ3n) is 3.69. The molecule has 0 amide bonds. The van der Waals surface area contributed by atoms with E-state index >= 15 is 0 Å². The van der Waals surface area contributed by atoms with Crippen LogP contribution in [0.1, 0.15) is 39.0 Å². The molecule has 0 unspecified atom stereocenters. The fourth-order valence-corrected chi connectivity index (χ4v) is 4.00. The van der Waals surface area contributed by atoms with Crippen molar-refractivity contribution >= 4 is 41.7 Å². The number of nitrogens with one attached hydrogen (secondary N) is 1. The van der Waals surface area contributed by atoms with E-state index in [1.54, 1.807) is 0 Å². The molecule has 3 N–H and O–H groups in total. The minimum absolute atomic E-state index is 0. The number of hydrogen-bond donors (Lipinski definition) is 2. The number of aliphatic imine (C=N–C) groups is 1. The predicted molar refractivity (Wildman–Crippen MR) is 104 cm³/mol. The summed E-state index contributed by atoms with van der Waals surface area (Å²) in [5.74, 6) is 0.590. The van der Waals surface area contributed by atoms with Crippen molar-refractivity contribution in [3.05, 3.63) is 30.3 Å². The standard InChI is InChI=1S/C16H25N3S.HI/c1-2-12-18-15(17)19-13-16(10-6-7-11-16)20-14-8-4-3-5-9-14;/h3-5,8-9H,2,6-7,10-13H2,1H3,(H3,17,18,19);1H. The summed E-state index contributed by atoms with van der Waals surface area (Å²) >= 11 is 1.97.